The molecule has 1 aromatic carbocycles. The minimum atomic E-state index is -0.0135. The number of ketones is 1. The van der Waals surface area contributed by atoms with E-state index in [1.165, 1.54) is 4.90 Å². The molecule has 3 rings (SSSR count). The molecule has 0 saturated carbocycles. The van der Waals surface area contributed by atoms with E-state index in [0.29, 0.717) is 5.56 Å². The van der Waals surface area contributed by atoms with Gasteiger partial charge in [-0.15, -0.1) is 11.8 Å². The number of Topliss-reactive ketones (excluding diaryl/α,β-unsaturated/α-hetero) is 1. The van der Waals surface area contributed by atoms with Crippen LogP contribution in [0.5, 0.6) is 0 Å². The van der Waals surface area contributed by atoms with Crippen molar-refractivity contribution < 1.29 is 4.79 Å². The van der Waals surface area contributed by atoms with Gasteiger partial charge >= 0.3 is 0 Å². The summed E-state index contributed by atoms with van der Waals surface area (Å²) in [5.41, 5.74) is 1.86. The van der Waals surface area contributed by atoms with Crippen molar-refractivity contribution in [2.75, 3.05) is 5.75 Å². The molecule has 0 bridgehead atoms. The largest absolute Gasteiger partial charge is 0.293 e. The van der Waals surface area contributed by atoms with Crippen LogP contribution in [0.4, 0.5) is 0 Å². The van der Waals surface area contributed by atoms with E-state index in [1.807, 2.05) is 25.2 Å². The van der Waals surface area contributed by atoms with Crippen molar-refractivity contribution in [3.63, 3.8) is 0 Å². The third kappa shape index (κ3) is 1.78. The van der Waals surface area contributed by atoms with Crippen molar-refractivity contribution in [2.24, 2.45) is 7.05 Å². The Morgan fingerprint density at radius 1 is 1.47 bits per heavy atom. The molecule has 1 aliphatic rings. The highest BCUT2D eigenvalue weighted by Gasteiger charge is 2.30. The second-order valence-corrected chi connectivity index (χ2v) is 5.23. The molecule has 2 aromatic rings. The molecule has 86 valence electrons. The van der Waals surface area contributed by atoms with Crippen LogP contribution in [0.2, 0.25) is 0 Å². The lowest BCUT2D eigenvalue weighted by Crippen LogP contribution is -2.11. The molecule has 0 fully saturated rings. The quantitative estimate of drug-likeness (QED) is 0.761. The number of aromatic nitrogens is 2. The van der Waals surface area contributed by atoms with Gasteiger partial charge in [-0.2, -0.15) is 5.10 Å². The minimum absolute atomic E-state index is 0.0135. The Bertz CT molecular complexity index is 576. The smallest absolute Gasteiger partial charge is 0.174 e. The summed E-state index contributed by atoms with van der Waals surface area (Å²) in [7, 11) is 1.83. The average Bonchev–Trinajstić information content (AvgIpc) is 2.94. The van der Waals surface area contributed by atoms with Gasteiger partial charge in [-0.1, -0.05) is 18.2 Å². The maximum absolute atomic E-state index is 12.4. The van der Waals surface area contributed by atoms with E-state index in [-0.39, 0.29) is 11.7 Å². The summed E-state index contributed by atoms with van der Waals surface area (Å²) in [6.07, 6.45) is 3.43. The first-order chi connectivity index (χ1) is 8.25. The molecule has 17 heavy (non-hydrogen) atoms. The van der Waals surface area contributed by atoms with Gasteiger partial charge in [-0.25, -0.2) is 0 Å². The molecule has 0 amide bonds. The number of thioether (sulfide) groups is 1. The third-order valence-electron chi connectivity index (χ3n) is 3.01. The number of nitrogens with zero attached hydrogens (tertiary/aromatic N) is 2. The molecule has 1 atom stereocenters. The Morgan fingerprint density at radius 2 is 2.29 bits per heavy atom. The van der Waals surface area contributed by atoms with Gasteiger partial charge in [0.25, 0.3) is 0 Å². The average molecular weight is 244 g/mol. The SMILES string of the molecule is Cn1cc(C(=O)C2CSc3ccccc32)cn1. The Labute approximate surface area is 104 Å². The molecular weight excluding hydrogens is 232 g/mol. The fraction of sp³-hybridized carbons (Fsp3) is 0.231. The highest BCUT2D eigenvalue weighted by molar-refractivity contribution is 7.99. The number of aryl methyl sites for hydroxylation is 1. The molecule has 2 heterocycles. The number of benzene rings is 1. The van der Waals surface area contributed by atoms with Crippen molar-refractivity contribution in [3.05, 3.63) is 47.8 Å². The Hall–Kier alpha value is -1.55. The van der Waals surface area contributed by atoms with Crippen LogP contribution < -0.4 is 0 Å². The first kappa shape index (κ1) is 10.6. The van der Waals surface area contributed by atoms with E-state index >= 15 is 0 Å². The third-order valence-corrected chi connectivity index (χ3v) is 4.19. The van der Waals surface area contributed by atoms with Gasteiger partial charge in [-0.05, 0) is 11.6 Å². The highest BCUT2D eigenvalue weighted by atomic mass is 32.2. The van der Waals surface area contributed by atoms with E-state index in [4.69, 9.17) is 0 Å². The van der Waals surface area contributed by atoms with Gasteiger partial charge in [0.1, 0.15) is 0 Å². The summed E-state index contributed by atoms with van der Waals surface area (Å²) >= 11 is 1.76. The zero-order chi connectivity index (χ0) is 11.8. The molecule has 0 radical (unpaired) electrons. The lowest BCUT2D eigenvalue weighted by atomic mass is 9.94. The Kier molecular flexibility index (Phi) is 2.52. The molecule has 4 heteroatoms. The first-order valence-corrected chi connectivity index (χ1v) is 6.49. The van der Waals surface area contributed by atoms with Crippen molar-refractivity contribution in [2.45, 2.75) is 10.8 Å². The van der Waals surface area contributed by atoms with Crippen LogP contribution in [0, 0.1) is 0 Å². The van der Waals surface area contributed by atoms with Gasteiger partial charge in [0.15, 0.2) is 5.78 Å². The molecule has 0 aliphatic carbocycles. The standard InChI is InChI=1S/C13H12N2OS/c1-15-7-9(6-14-15)13(16)11-8-17-12-5-3-2-4-10(11)12/h2-7,11H,8H2,1H3. The monoisotopic (exact) mass is 244 g/mol. The van der Waals surface area contributed by atoms with Gasteiger partial charge in [0, 0.05) is 23.9 Å². The summed E-state index contributed by atoms with van der Waals surface area (Å²) in [5, 5.41) is 4.05. The summed E-state index contributed by atoms with van der Waals surface area (Å²) in [4.78, 5) is 13.6. The van der Waals surface area contributed by atoms with Crippen LogP contribution >= 0.6 is 11.8 Å². The van der Waals surface area contributed by atoms with Crippen molar-refractivity contribution >= 4 is 17.5 Å². The number of hydrogen-bond acceptors (Lipinski definition) is 3. The molecule has 0 saturated heterocycles. The van der Waals surface area contributed by atoms with E-state index in [2.05, 4.69) is 11.2 Å². The maximum atomic E-state index is 12.4. The van der Waals surface area contributed by atoms with Crippen LogP contribution in [0.1, 0.15) is 21.8 Å². The fourth-order valence-electron chi connectivity index (χ4n) is 2.13. The Balaban J connectivity index is 1.95. The number of rotatable bonds is 2. The lowest BCUT2D eigenvalue weighted by Gasteiger charge is -2.07. The van der Waals surface area contributed by atoms with Crippen molar-refractivity contribution in [3.8, 4) is 0 Å². The molecule has 3 nitrogen and oxygen atoms in total. The number of carbonyl (C=O) groups excluding carboxylic acids is 1. The predicted octanol–water partition coefficient (Wildman–Crippen LogP) is 2.49. The summed E-state index contributed by atoms with van der Waals surface area (Å²) in [6.45, 7) is 0. The molecular formula is C13H12N2OS. The highest BCUT2D eigenvalue weighted by Crippen LogP contribution is 2.40. The molecule has 1 unspecified atom stereocenters. The molecule has 0 N–H and O–H groups in total. The molecule has 1 aliphatic heterocycles. The summed E-state index contributed by atoms with van der Waals surface area (Å²) in [6, 6.07) is 8.14. The maximum Gasteiger partial charge on any atom is 0.174 e. The fourth-order valence-corrected chi connectivity index (χ4v) is 3.36. The van der Waals surface area contributed by atoms with Crippen LogP contribution in [0.3, 0.4) is 0 Å². The number of fused-ring (bicyclic) bond motifs is 1. The minimum Gasteiger partial charge on any atom is -0.293 e. The van der Waals surface area contributed by atoms with Gasteiger partial charge in [-0.3, -0.25) is 9.48 Å². The van der Waals surface area contributed by atoms with E-state index in [9.17, 15) is 4.79 Å². The zero-order valence-electron chi connectivity index (χ0n) is 9.46. The van der Waals surface area contributed by atoms with Gasteiger partial charge in [0.05, 0.1) is 17.7 Å². The Morgan fingerprint density at radius 3 is 3.06 bits per heavy atom. The molecule has 0 spiro atoms. The van der Waals surface area contributed by atoms with Crippen molar-refractivity contribution in [1.82, 2.24) is 9.78 Å². The van der Waals surface area contributed by atoms with Crippen LogP contribution in [-0.2, 0) is 7.05 Å². The molecule has 1 aromatic heterocycles. The predicted molar refractivity (Wildman–Crippen MR) is 67.4 cm³/mol. The first-order valence-electron chi connectivity index (χ1n) is 5.50. The van der Waals surface area contributed by atoms with Crippen LogP contribution in [0.15, 0.2) is 41.6 Å². The van der Waals surface area contributed by atoms with Gasteiger partial charge < -0.3 is 0 Å². The van der Waals surface area contributed by atoms with Gasteiger partial charge in [0.2, 0.25) is 0 Å². The van der Waals surface area contributed by atoms with Crippen molar-refractivity contribution in [1.29, 1.82) is 0 Å². The normalized spacial score (nSPS) is 18.1. The second kappa shape index (κ2) is 4.04. The number of carbonyl (C=O) groups is 1. The second-order valence-electron chi connectivity index (χ2n) is 4.17. The van der Waals surface area contributed by atoms with Crippen LogP contribution in [-0.4, -0.2) is 21.3 Å². The summed E-state index contributed by atoms with van der Waals surface area (Å²) in [5.74, 6) is 1.00. The van der Waals surface area contributed by atoms with E-state index in [0.717, 1.165) is 11.3 Å². The summed E-state index contributed by atoms with van der Waals surface area (Å²) < 4.78 is 1.67. The van der Waals surface area contributed by atoms with E-state index < -0.39 is 0 Å². The van der Waals surface area contributed by atoms with Crippen LogP contribution in [0.25, 0.3) is 0 Å². The zero-order valence-corrected chi connectivity index (χ0v) is 10.3. The van der Waals surface area contributed by atoms with E-state index in [1.54, 1.807) is 28.8 Å². The number of hydrogen-bond donors (Lipinski definition) is 0. The topological polar surface area (TPSA) is 34.9 Å². The lowest BCUT2D eigenvalue weighted by molar-refractivity contribution is 0.0968.